The van der Waals surface area contributed by atoms with Crippen molar-refractivity contribution in [3.63, 3.8) is 0 Å². The van der Waals surface area contributed by atoms with Crippen molar-refractivity contribution in [2.45, 2.75) is 112 Å². The maximum Gasteiger partial charge on any atom is 1.00 e. The molecule has 9 atom stereocenters. The molecule has 35 nitrogen and oxygen atoms in total. The number of nitrogens with one attached hydrogen (secondary N) is 2. The zero-order valence-corrected chi connectivity index (χ0v) is 81.9. The summed E-state index contributed by atoms with van der Waals surface area (Å²) in [5.41, 5.74) is 29.1. The van der Waals surface area contributed by atoms with Crippen LogP contribution in [-0.4, -0.2) is 214 Å². The molecule has 5 aliphatic rings. The molecular formula is C97H98ClFN24NaO11PS2. The van der Waals surface area contributed by atoms with E-state index in [1.54, 1.807) is 73.8 Å². The van der Waals surface area contributed by atoms with Gasteiger partial charge in [-0.25, -0.2) is 32.7 Å². The number of aliphatic hydroxyl groups excluding tert-OH is 1. The zero-order chi connectivity index (χ0) is 97.6. The number of azide groups is 1. The average molecular weight is 1950 g/mol. The van der Waals surface area contributed by atoms with Gasteiger partial charge in [0.05, 0.1) is 120 Å². The van der Waals surface area contributed by atoms with Gasteiger partial charge < -0.3 is 65.3 Å². The van der Waals surface area contributed by atoms with Gasteiger partial charge >= 0.3 is 29.6 Å². The van der Waals surface area contributed by atoms with Gasteiger partial charge in [-0.3, -0.25) is 33.8 Å². The number of aryl methyl sites for hydroxylation is 2. The SMILES string of the molecule is C[C@@H]1CN(c2cnc(C#N)c3ncccc23)C[C@H](CN=[N+]=[N-])O1.C[C@@H]1CN(c2cnc(C#N)c3ncccc23)C[C@H](CNC(=O)C2(F)CCNC2)O1.C[C@@H]1CN(c2cnc(C#N)c3ncccc23)C[C@H](CO)O1.Cc1ccc(S(=O)(=O)Cl)cc1.Cc1ccc(S(=O)(=O)OC[C@H]2CN(c3cnc(C#N)c4ncccc34)C[C@@H](C)O2)cc1.[N-]=[N+]=[N-].[Na+].c1ccc(P(c2ccccc2)c2ccccc2)cc1. The smallest absolute Gasteiger partial charge is 0.394 e. The second-order valence-electron chi connectivity index (χ2n) is 32.3. The number of hydrogen-bond acceptors (Lipinski definition) is 29. The Morgan fingerprint density at radius 3 is 1.19 bits per heavy atom. The first-order valence-electron chi connectivity index (χ1n) is 43.6. The van der Waals surface area contributed by atoms with E-state index in [4.69, 9.17) is 55.7 Å². The van der Waals surface area contributed by atoms with Crippen molar-refractivity contribution in [3.05, 3.63) is 298 Å². The van der Waals surface area contributed by atoms with Gasteiger partial charge in [0.25, 0.3) is 25.1 Å². The van der Waals surface area contributed by atoms with Gasteiger partial charge in [-0.05, 0) is 150 Å². The molecular weight excluding hydrogens is 1850 g/mol. The summed E-state index contributed by atoms with van der Waals surface area (Å²) in [6.45, 7) is 17.3. The molecule has 18 rings (SSSR count). The topological polar surface area (TPSA) is 494 Å². The molecule has 41 heteroatoms. The summed E-state index contributed by atoms with van der Waals surface area (Å²) in [4.78, 5) is 59.4. The van der Waals surface area contributed by atoms with Crippen LogP contribution in [0.15, 0.2) is 253 Å². The van der Waals surface area contributed by atoms with Crippen LogP contribution in [0.3, 0.4) is 0 Å². The third-order valence-electron chi connectivity index (χ3n) is 22.2. The fraction of sp³-hybridized carbons (Fsp3) is 0.309. The third-order valence-corrected chi connectivity index (χ3v) is 27.3. The number of nitriles is 4. The van der Waals surface area contributed by atoms with Crippen LogP contribution in [0.1, 0.15) is 68.0 Å². The standard InChI is InChI=1S/C22H22N4O4S.C20H23FN6O2.C18H15P.C15H15N7O.C15H16N4O2.C7H7ClO2S.N3.Na/c1-15-5-7-18(8-6-15)31(27,28)29-14-17-13-26(12-16(2)30-17)21-11-25-20(10-23)22-19(21)4-3-9-24-22;1-13-10-27(17-9-25-16(7-22)18-15(17)3-2-5-24-18)11-14(29-13)8-26-19(28)20(21)4-6-23-12-20;1-4-10-16(11-5-1)19(17-12-6-2-7-13-17)18-14-8-3-9-15-18;1-10-8-22(9-11(23-10)6-20-21-17)14-7-19-13(5-16)15-12(14)3-2-4-18-15;1-10-7-19(8-11(9-20)21-10)14-6-18-13(5-16)15-12(14)3-2-4-17-15;1-6-2-4-7(5-3-6)11(8,9)10;1-3-2;/h3-9,11,16-17H,12-14H2,1-2H3;2-3,5,9,13-14,23H,4,6,8,10-12H2,1H3,(H,26,28);1-15H;2-4,7,10-11H,6,8-9H2,1H3;2-4,6,10-11,20H,7-9H2,1H3;2-5H,1H3;;/q;;;;;;-1;+1/t16-,17-;13-,14+,20?;;10-,11+;10-,11-;;;/m11.11.../s1. The number of halogens is 2. The normalized spacial score (nSPS) is 19.3. The maximum absolute atomic E-state index is 14.6. The van der Waals surface area contributed by atoms with Crippen LogP contribution in [0.2, 0.25) is 0 Å². The minimum absolute atomic E-state index is 0. The van der Waals surface area contributed by atoms with Gasteiger partial charge in [-0.2, -0.15) is 29.5 Å². The van der Waals surface area contributed by atoms with Crippen LogP contribution in [0.5, 0.6) is 0 Å². The molecule has 1 unspecified atom stereocenters. The van der Waals surface area contributed by atoms with Crippen molar-refractivity contribution in [1.82, 2.24) is 50.5 Å². The van der Waals surface area contributed by atoms with Gasteiger partial charge in [-0.1, -0.05) is 132 Å². The number of carbonyl (C=O) groups excluding carboxylic acids is 1. The Morgan fingerprint density at radius 1 is 0.514 bits per heavy atom. The van der Waals surface area contributed by atoms with Crippen molar-refractivity contribution >= 4 is 126 Å². The van der Waals surface area contributed by atoms with E-state index in [0.29, 0.717) is 92.4 Å². The molecule has 5 fully saturated rings. The molecule has 1 amide bonds. The van der Waals surface area contributed by atoms with E-state index in [-0.39, 0.29) is 133 Å². The van der Waals surface area contributed by atoms with E-state index >= 15 is 0 Å². The number of ether oxygens (including phenoxy) is 4. The number of anilines is 4. The molecule has 0 saturated carbocycles. The number of aromatic nitrogens is 8. The molecule has 0 radical (unpaired) electrons. The maximum atomic E-state index is 14.6. The van der Waals surface area contributed by atoms with Crippen LogP contribution in [0.25, 0.3) is 70.0 Å². The Labute approximate surface area is 826 Å². The molecule has 5 saturated heterocycles. The van der Waals surface area contributed by atoms with E-state index in [9.17, 15) is 46.9 Å². The van der Waals surface area contributed by atoms with Crippen LogP contribution < -0.4 is 75.7 Å². The number of benzene rings is 5. The van der Waals surface area contributed by atoms with Crippen LogP contribution in [-0.2, 0) is 47.1 Å². The van der Waals surface area contributed by atoms with Crippen molar-refractivity contribution in [2.75, 3.05) is 111 Å². The van der Waals surface area contributed by atoms with Crippen LogP contribution in [0.4, 0.5) is 27.1 Å². The van der Waals surface area contributed by atoms with Crippen molar-refractivity contribution in [1.29, 1.82) is 21.0 Å². The first kappa shape index (κ1) is 105. The summed E-state index contributed by atoms with van der Waals surface area (Å²) in [6.07, 6.45) is 12.2. The summed E-state index contributed by atoms with van der Waals surface area (Å²) in [6, 6.07) is 68.5. The summed E-state index contributed by atoms with van der Waals surface area (Å²) >= 11 is 0. The Hall–Kier alpha value is -13.1. The fourth-order valence-electron chi connectivity index (χ4n) is 16.1. The minimum atomic E-state index is -3.88. The number of carbonyl (C=O) groups is 1. The Bertz CT molecular complexity index is 6750. The Balaban J connectivity index is 0.000000161. The number of hydrogen-bond donors (Lipinski definition) is 3. The Morgan fingerprint density at radius 2 is 0.848 bits per heavy atom. The number of nitrogens with zero attached hydrogens (tertiary/aromatic N) is 22. The molecule has 704 valence electrons. The number of aliphatic hydroxyl groups is 1. The van der Waals surface area contributed by atoms with Gasteiger partial charge in [0.2, 0.25) is 5.67 Å². The quantitative estimate of drug-likeness (QED) is 0.0137. The second kappa shape index (κ2) is 50.8. The van der Waals surface area contributed by atoms with E-state index in [2.05, 4.69) is 195 Å². The minimum Gasteiger partial charge on any atom is -0.394 e. The number of rotatable bonds is 18. The van der Waals surface area contributed by atoms with E-state index < -0.39 is 44.8 Å². The van der Waals surface area contributed by atoms with Crippen molar-refractivity contribution < 1.29 is 83.8 Å². The number of pyridine rings is 8. The van der Waals surface area contributed by atoms with Crippen LogP contribution in [0, 0.1) is 59.2 Å². The molecule has 5 aliphatic heterocycles. The average Bonchev–Trinajstić information content (AvgIpc) is 0.879. The molecule has 13 heterocycles. The molecule has 0 bridgehead atoms. The number of alkyl halides is 1. The van der Waals surface area contributed by atoms with Crippen molar-refractivity contribution in [2.24, 2.45) is 5.11 Å². The van der Waals surface area contributed by atoms with E-state index in [1.807, 2.05) is 90.1 Å². The van der Waals surface area contributed by atoms with Crippen LogP contribution >= 0.6 is 18.6 Å². The number of fused-ring (bicyclic) bond motifs is 4. The second-order valence-corrected chi connectivity index (χ2v) is 38.7. The van der Waals surface area contributed by atoms with Gasteiger partial charge in [-0.15, -0.1) is 0 Å². The first-order chi connectivity index (χ1) is 66.2. The summed E-state index contributed by atoms with van der Waals surface area (Å²) in [5, 5.41) is 63.1. The van der Waals surface area contributed by atoms with Gasteiger partial charge in [0, 0.05) is 134 Å². The number of morpholine rings is 4. The first-order valence-corrected chi connectivity index (χ1v) is 48.6. The number of amides is 1. The molecule has 8 aromatic heterocycles. The summed E-state index contributed by atoms with van der Waals surface area (Å²) in [7, 11) is -2.79. The fourth-order valence-corrected chi connectivity index (χ4v) is 20.1. The van der Waals surface area contributed by atoms with E-state index in [0.717, 1.165) is 55.4 Å². The van der Waals surface area contributed by atoms with Gasteiger partial charge in [0.1, 0.15) is 52.4 Å². The zero-order valence-electron chi connectivity index (χ0n) is 76.6. The summed E-state index contributed by atoms with van der Waals surface area (Å²) in [5.74, 6) is -0.592. The predicted molar refractivity (Wildman–Crippen MR) is 522 cm³/mol. The Kier molecular flexibility index (Phi) is 38.8. The monoisotopic (exact) mass is 1950 g/mol. The molecule has 0 aliphatic carbocycles. The van der Waals surface area contributed by atoms with E-state index in [1.165, 1.54) is 45.1 Å². The molecule has 138 heavy (non-hydrogen) atoms. The largest absolute Gasteiger partial charge is 1.00 e. The molecule has 5 aromatic carbocycles. The predicted octanol–water partition coefficient (Wildman–Crippen LogP) is 10.5. The van der Waals surface area contributed by atoms with Crippen molar-refractivity contribution in [3.8, 4) is 24.3 Å². The molecule has 13 aromatic rings. The molecule has 0 spiro atoms. The summed E-state index contributed by atoms with van der Waals surface area (Å²) < 4.78 is 89.7. The third kappa shape index (κ3) is 28.1. The molecule has 3 N–H and O–H groups in total. The van der Waals surface area contributed by atoms with Gasteiger partial charge in [0.15, 0.2) is 22.8 Å².